The summed E-state index contributed by atoms with van der Waals surface area (Å²) in [6, 6.07) is 4.25. The van der Waals surface area contributed by atoms with Crippen molar-refractivity contribution in [1.82, 2.24) is 4.72 Å². The normalized spacial score (nSPS) is 12.7. The molecule has 0 spiro atoms. The number of nitrogens with two attached hydrogens (primary N) is 1. The molecule has 1 aromatic rings. The fourth-order valence-corrected chi connectivity index (χ4v) is 2.66. The Morgan fingerprint density at radius 2 is 1.89 bits per heavy atom. The van der Waals surface area contributed by atoms with Crippen LogP contribution in [0.3, 0.4) is 0 Å². The molecule has 0 aliphatic heterocycles. The van der Waals surface area contributed by atoms with Gasteiger partial charge in [-0.3, -0.25) is 0 Å². The highest BCUT2D eigenvalue weighted by atomic mass is 35.5. The molecule has 19 heavy (non-hydrogen) atoms. The molecule has 1 rings (SSSR count). The van der Waals surface area contributed by atoms with Crippen LogP contribution >= 0.6 is 23.2 Å². The number of alkyl halides is 2. The van der Waals surface area contributed by atoms with Crippen molar-refractivity contribution in [1.29, 1.82) is 0 Å². The number of nitrogens with one attached hydrogen (secondary N) is 1. The number of rotatable bonds is 6. The maximum absolute atomic E-state index is 12.8. The van der Waals surface area contributed by atoms with Crippen LogP contribution < -0.4 is 10.5 Å². The van der Waals surface area contributed by atoms with Crippen molar-refractivity contribution in [2.45, 2.75) is 11.7 Å². The van der Waals surface area contributed by atoms with Crippen molar-refractivity contribution in [2.75, 3.05) is 13.1 Å². The molecule has 1 aromatic carbocycles. The minimum Gasteiger partial charge on any atom is -0.325 e. The lowest BCUT2D eigenvalue weighted by molar-refractivity contribution is 0.0170. The fraction of sp³-hybridized carbons (Fsp3) is 0.400. The molecule has 0 aromatic heterocycles. The van der Waals surface area contributed by atoms with Crippen molar-refractivity contribution in [3.05, 3.63) is 33.8 Å². The molecule has 0 aliphatic rings. The Morgan fingerprint density at radius 3 is 2.42 bits per heavy atom. The zero-order chi connectivity index (χ0) is 14.7. The topological polar surface area (TPSA) is 72.2 Å². The Bertz CT molecular complexity index is 552. The van der Waals surface area contributed by atoms with Gasteiger partial charge < -0.3 is 5.73 Å². The summed E-state index contributed by atoms with van der Waals surface area (Å²) < 4.78 is 50.7. The van der Waals surface area contributed by atoms with Crippen LogP contribution in [0.5, 0.6) is 0 Å². The predicted molar refractivity (Wildman–Crippen MR) is 71.1 cm³/mol. The third kappa shape index (κ3) is 5.58. The molecule has 0 heterocycles. The third-order valence-electron chi connectivity index (χ3n) is 2.19. The molecular weight excluding hydrogens is 321 g/mol. The second-order valence-electron chi connectivity index (χ2n) is 3.89. The van der Waals surface area contributed by atoms with Crippen LogP contribution in [0.4, 0.5) is 8.78 Å². The highest BCUT2D eigenvalue weighted by Crippen LogP contribution is 2.23. The van der Waals surface area contributed by atoms with Crippen LogP contribution in [0.25, 0.3) is 0 Å². The van der Waals surface area contributed by atoms with Gasteiger partial charge in [-0.2, -0.15) is 0 Å². The molecule has 0 fully saturated rings. The van der Waals surface area contributed by atoms with E-state index < -0.39 is 34.8 Å². The van der Waals surface area contributed by atoms with Crippen molar-refractivity contribution >= 4 is 33.2 Å². The first-order chi connectivity index (χ1) is 8.65. The van der Waals surface area contributed by atoms with E-state index in [-0.39, 0.29) is 10.0 Å². The van der Waals surface area contributed by atoms with Crippen LogP contribution in [0.1, 0.15) is 5.56 Å². The average Bonchev–Trinajstić information content (AvgIpc) is 2.32. The average molecular weight is 333 g/mol. The number of hydrogen-bond donors (Lipinski definition) is 2. The highest BCUT2D eigenvalue weighted by molar-refractivity contribution is 7.88. The summed E-state index contributed by atoms with van der Waals surface area (Å²) in [6.45, 7) is -1.96. The number of benzene rings is 1. The summed E-state index contributed by atoms with van der Waals surface area (Å²) >= 11 is 11.4. The molecule has 0 saturated carbocycles. The van der Waals surface area contributed by atoms with Crippen molar-refractivity contribution < 1.29 is 17.2 Å². The first-order valence-electron chi connectivity index (χ1n) is 5.14. The SMILES string of the molecule is NCC(F)(F)CNS(=O)(=O)Cc1ccc(Cl)c(Cl)c1. The first kappa shape index (κ1) is 16.6. The quantitative estimate of drug-likeness (QED) is 0.836. The molecule has 108 valence electrons. The van der Waals surface area contributed by atoms with E-state index >= 15 is 0 Å². The molecule has 4 nitrogen and oxygen atoms in total. The maximum atomic E-state index is 12.8. The number of halogens is 4. The van der Waals surface area contributed by atoms with Crippen LogP contribution in [-0.4, -0.2) is 27.4 Å². The molecule has 0 bridgehead atoms. The minimum atomic E-state index is -3.89. The summed E-state index contributed by atoms with van der Waals surface area (Å²) in [5.41, 5.74) is 5.15. The van der Waals surface area contributed by atoms with Gasteiger partial charge in [-0.25, -0.2) is 21.9 Å². The number of sulfonamides is 1. The van der Waals surface area contributed by atoms with Gasteiger partial charge >= 0.3 is 0 Å². The Kier molecular flexibility index (Phi) is 5.52. The molecule has 0 saturated heterocycles. The Labute approximate surface area is 119 Å². The Balaban J connectivity index is 2.72. The van der Waals surface area contributed by atoms with E-state index in [1.807, 2.05) is 0 Å². The Hall–Kier alpha value is -0.470. The zero-order valence-corrected chi connectivity index (χ0v) is 12.0. The second kappa shape index (κ2) is 6.32. The van der Waals surface area contributed by atoms with Gasteiger partial charge in [0.05, 0.1) is 28.9 Å². The van der Waals surface area contributed by atoms with E-state index in [0.717, 1.165) is 0 Å². The third-order valence-corrected chi connectivity index (χ3v) is 4.23. The van der Waals surface area contributed by atoms with Crippen LogP contribution in [0.2, 0.25) is 10.0 Å². The van der Waals surface area contributed by atoms with Gasteiger partial charge in [0.1, 0.15) is 0 Å². The summed E-state index contributed by atoms with van der Waals surface area (Å²) in [5.74, 6) is -3.74. The van der Waals surface area contributed by atoms with Gasteiger partial charge in [-0.1, -0.05) is 29.3 Å². The largest absolute Gasteiger partial charge is 0.325 e. The lowest BCUT2D eigenvalue weighted by Crippen LogP contribution is -2.41. The fourth-order valence-electron chi connectivity index (χ4n) is 1.19. The first-order valence-corrected chi connectivity index (χ1v) is 7.55. The van der Waals surface area contributed by atoms with Crippen LogP contribution in [-0.2, 0) is 15.8 Å². The van der Waals surface area contributed by atoms with E-state index in [0.29, 0.717) is 5.56 Å². The van der Waals surface area contributed by atoms with Gasteiger partial charge in [-0.05, 0) is 17.7 Å². The molecule has 0 atom stereocenters. The Morgan fingerprint density at radius 1 is 1.26 bits per heavy atom. The molecule has 9 heteroatoms. The van der Waals surface area contributed by atoms with Gasteiger partial charge in [-0.15, -0.1) is 0 Å². The van der Waals surface area contributed by atoms with Crippen molar-refractivity contribution in [3.63, 3.8) is 0 Å². The lowest BCUT2D eigenvalue weighted by atomic mass is 10.2. The smallest absolute Gasteiger partial charge is 0.273 e. The lowest BCUT2D eigenvalue weighted by Gasteiger charge is -2.14. The summed E-state index contributed by atoms with van der Waals surface area (Å²) in [7, 11) is -3.89. The molecular formula is C10H12Cl2F2N2O2S. The zero-order valence-electron chi connectivity index (χ0n) is 9.67. The molecule has 0 unspecified atom stereocenters. The monoisotopic (exact) mass is 332 g/mol. The molecule has 0 radical (unpaired) electrons. The molecule has 0 amide bonds. The highest BCUT2D eigenvalue weighted by Gasteiger charge is 2.28. The maximum Gasteiger partial charge on any atom is 0.273 e. The van der Waals surface area contributed by atoms with Gasteiger partial charge in [0.25, 0.3) is 5.92 Å². The van der Waals surface area contributed by atoms with Crippen LogP contribution in [0, 0.1) is 0 Å². The van der Waals surface area contributed by atoms with Gasteiger partial charge in [0.2, 0.25) is 10.0 Å². The molecule has 3 N–H and O–H groups in total. The van der Waals surface area contributed by atoms with E-state index in [9.17, 15) is 17.2 Å². The van der Waals surface area contributed by atoms with Crippen molar-refractivity contribution in [2.24, 2.45) is 5.73 Å². The van der Waals surface area contributed by atoms with E-state index in [1.54, 1.807) is 4.72 Å². The summed E-state index contributed by atoms with van der Waals surface area (Å²) in [4.78, 5) is 0. The van der Waals surface area contributed by atoms with E-state index in [2.05, 4.69) is 0 Å². The summed E-state index contributed by atoms with van der Waals surface area (Å²) in [5, 5.41) is 0.479. The van der Waals surface area contributed by atoms with E-state index in [4.69, 9.17) is 28.9 Å². The van der Waals surface area contributed by atoms with Crippen LogP contribution in [0.15, 0.2) is 18.2 Å². The molecule has 0 aliphatic carbocycles. The van der Waals surface area contributed by atoms with Crippen molar-refractivity contribution in [3.8, 4) is 0 Å². The van der Waals surface area contributed by atoms with Gasteiger partial charge in [0.15, 0.2) is 0 Å². The number of hydrogen-bond acceptors (Lipinski definition) is 3. The second-order valence-corrected chi connectivity index (χ2v) is 6.51. The van der Waals surface area contributed by atoms with Gasteiger partial charge in [0, 0.05) is 0 Å². The minimum absolute atomic E-state index is 0.196. The summed E-state index contributed by atoms with van der Waals surface area (Å²) in [6.07, 6.45) is 0. The standard InChI is InChI=1S/C10H12Cl2F2N2O2S/c11-8-2-1-7(3-9(8)12)4-19(17,18)16-6-10(13,14)5-15/h1-3,16H,4-6,15H2. The predicted octanol–water partition coefficient (Wildman–Crippen LogP) is 2.01. The van der Waals surface area contributed by atoms with E-state index in [1.165, 1.54) is 18.2 Å².